The second-order valence-electron chi connectivity index (χ2n) is 8.87. The molecule has 0 bridgehead atoms. The molecular formula is C28H18Cl2N8OS. The number of rotatable bonds is 5. The Balaban J connectivity index is 1.32. The highest BCUT2D eigenvalue weighted by Gasteiger charge is 2.21. The van der Waals surface area contributed by atoms with Crippen LogP contribution in [0.4, 0.5) is 5.69 Å². The number of hydrogen-bond donors (Lipinski definition) is 1. The van der Waals surface area contributed by atoms with Crippen molar-refractivity contribution in [2.45, 2.75) is 6.92 Å². The molecule has 4 aromatic heterocycles. The zero-order valence-electron chi connectivity index (χ0n) is 20.8. The Labute approximate surface area is 240 Å². The Hall–Kier alpha value is -4.51. The molecule has 9 nitrogen and oxygen atoms in total. The van der Waals surface area contributed by atoms with E-state index >= 15 is 0 Å². The second-order valence-corrected chi connectivity index (χ2v) is 10.7. The number of nitrogens with one attached hydrogen (secondary N) is 1. The molecule has 0 saturated heterocycles. The van der Waals surface area contributed by atoms with Crippen LogP contribution in [-0.2, 0) is 0 Å². The lowest BCUT2D eigenvalue weighted by Gasteiger charge is -2.05. The second kappa shape index (κ2) is 9.91. The van der Waals surface area contributed by atoms with Crippen molar-refractivity contribution in [2.24, 2.45) is 5.10 Å². The molecule has 0 aliphatic carbocycles. The van der Waals surface area contributed by atoms with E-state index in [0.29, 0.717) is 48.3 Å². The van der Waals surface area contributed by atoms with Crippen LogP contribution in [-0.4, -0.2) is 29.6 Å². The largest absolute Gasteiger partial charge is 0.454 e. The number of benzene rings is 3. The number of halogens is 2. The van der Waals surface area contributed by atoms with E-state index in [1.807, 2.05) is 78.3 Å². The van der Waals surface area contributed by atoms with E-state index in [1.165, 1.54) is 11.3 Å². The first-order valence-corrected chi connectivity index (χ1v) is 13.7. The maximum Gasteiger partial charge on any atom is 0.235 e. The number of aryl methyl sites for hydroxylation is 1. The number of nitrogens with zero attached hydrogens (tertiary/aromatic N) is 7. The van der Waals surface area contributed by atoms with Gasteiger partial charge in [-0.1, -0.05) is 70.9 Å². The fraction of sp³-hybridized carbons (Fsp3) is 0.0357. The van der Waals surface area contributed by atoms with Crippen molar-refractivity contribution >= 4 is 56.2 Å². The molecule has 3 aromatic carbocycles. The molecule has 40 heavy (non-hydrogen) atoms. The van der Waals surface area contributed by atoms with Crippen LogP contribution in [0.25, 0.3) is 44.6 Å². The zero-order valence-corrected chi connectivity index (χ0v) is 23.1. The van der Waals surface area contributed by atoms with Crippen LogP contribution >= 0.6 is 34.5 Å². The Morgan fingerprint density at radius 2 is 1.73 bits per heavy atom. The summed E-state index contributed by atoms with van der Waals surface area (Å²) in [6.45, 7) is 1.87. The lowest BCUT2D eigenvalue weighted by Crippen LogP contribution is -2.12. The minimum atomic E-state index is 0.465. The van der Waals surface area contributed by atoms with Crippen LogP contribution in [0, 0.1) is 6.92 Å². The number of furan rings is 1. The van der Waals surface area contributed by atoms with Crippen LogP contribution in [0.3, 0.4) is 0 Å². The molecule has 0 unspecified atom stereocenters. The summed E-state index contributed by atoms with van der Waals surface area (Å²) < 4.78 is 10.3. The molecular weight excluding hydrogens is 567 g/mol. The normalized spacial score (nSPS) is 12.0. The molecule has 0 saturated carbocycles. The van der Waals surface area contributed by atoms with Crippen LogP contribution in [0.15, 0.2) is 94.4 Å². The lowest BCUT2D eigenvalue weighted by atomic mass is 10.2. The molecule has 7 aromatic rings. The van der Waals surface area contributed by atoms with Crippen molar-refractivity contribution in [1.29, 1.82) is 0 Å². The summed E-state index contributed by atoms with van der Waals surface area (Å²) in [6, 6.07) is 26.9. The Morgan fingerprint density at radius 3 is 2.55 bits per heavy atom. The van der Waals surface area contributed by atoms with E-state index in [0.717, 1.165) is 22.4 Å². The number of para-hydroxylation sites is 2. The number of hydrogen-bond acceptors (Lipinski definition) is 8. The van der Waals surface area contributed by atoms with Gasteiger partial charge in [-0.15, -0.1) is 10.2 Å². The van der Waals surface area contributed by atoms with Gasteiger partial charge >= 0.3 is 0 Å². The maximum absolute atomic E-state index is 6.27. The molecule has 196 valence electrons. The third kappa shape index (κ3) is 4.41. The van der Waals surface area contributed by atoms with Crippen LogP contribution < -0.4 is 10.1 Å². The maximum atomic E-state index is 6.27. The van der Waals surface area contributed by atoms with E-state index in [1.54, 1.807) is 22.7 Å². The molecule has 4 heterocycles. The summed E-state index contributed by atoms with van der Waals surface area (Å²) in [5, 5.41) is 24.9. The van der Waals surface area contributed by atoms with Gasteiger partial charge in [-0.25, -0.2) is 4.68 Å². The fourth-order valence-corrected chi connectivity index (χ4v) is 5.47. The summed E-state index contributed by atoms with van der Waals surface area (Å²) in [5.74, 6) is 1.19. The molecule has 0 amide bonds. The van der Waals surface area contributed by atoms with Gasteiger partial charge in [0.25, 0.3) is 0 Å². The smallest absolute Gasteiger partial charge is 0.235 e. The zero-order chi connectivity index (χ0) is 27.2. The third-order valence-electron chi connectivity index (χ3n) is 6.19. The molecule has 0 spiro atoms. The highest BCUT2D eigenvalue weighted by Crippen LogP contribution is 2.32. The molecule has 0 radical (unpaired) electrons. The van der Waals surface area contributed by atoms with Gasteiger partial charge in [0.05, 0.1) is 22.1 Å². The van der Waals surface area contributed by atoms with Crippen molar-refractivity contribution in [2.75, 3.05) is 5.43 Å². The highest BCUT2D eigenvalue weighted by atomic mass is 35.5. The van der Waals surface area contributed by atoms with Crippen molar-refractivity contribution < 1.29 is 4.42 Å². The predicted molar refractivity (Wildman–Crippen MR) is 157 cm³/mol. The van der Waals surface area contributed by atoms with Gasteiger partial charge in [-0.3, -0.25) is 5.43 Å². The summed E-state index contributed by atoms with van der Waals surface area (Å²) in [5.41, 5.74) is 7.36. The molecule has 0 aliphatic heterocycles. The number of aromatic nitrogens is 6. The van der Waals surface area contributed by atoms with Gasteiger partial charge in [0.15, 0.2) is 10.4 Å². The van der Waals surface area contributed by atoms with Crippen molar-refractivity contribution in [1.82, 2.24) is 29.6 Å². The quantitative estimate of drug-likeness (QED) is 0.219. The number of anilines is 1. The van der Waals surface area contributed by atoms with Gasteiger partial charge in [-0.05, 0) is 55.5 Å². The first kappa shape index (κ1) is 24.5. The first-order chi connectivity index (χ1) is 19.5. The van der Waals surface area contributed by atoms with Gasteiger partial charge < -0.3 is 4.42 Å². The minimum Gasteiger partial charge on any atom is -0.454 e. The highest BCUT2D eigenvalue weighted by molar-refractivity contribution is 7.14. The van der Waals surface area contributed by atoms with E-state index in [9.17, 15) is 0 Å². The van der Waals surface area contributed by atoms with E-state index in [2.05, 4.69) is 20.7 Å². The summed E-state index contributed by atoms with van der Waals surface area (Å²) >= 11 is 13.6. The average Bonchev–Trinajstić information content (AvgIpc) is 3.69. The lowest BCUT2D eigenvalue weighted by molar-refractivity contribution is 0.624. The predicted octanol–water partition coefficient (Wildman–Crippen LogP) is 6.99. The Morgan fingerprint density at radius 1 is 0.900 bits per heavy atom. The molecule has 0 atom stereocenters. The van der Waals surface area contributed by atoms with E-state index in [4.69, 9.17) is 37.8 Å². The van der Waals surface area contributed by atoms with Gasteiger partial charge in [0.1, 0.15) is 17.0 Å². The molecule has 7 rings (SSSR count). The SMILES string of the molecule is Cc1nn2c(-c3cc(-c4cc5ccccc5o4)n(-c4ccccc4)n3)nnc2s/c1=N/Nc1ccc(Cl)cc1Cl. The van der Waals surface area contributed by atoms with Crippen LogP contribution in [0.1, 0.15) is 5.69 Å². The summed E-state index contributed by atoms with van der Waals surface area (Å²) in [4.78, 5) is 0.558. The number of fused-ring (bicyclic) bond motifs is 2. The minimum absolute atomic E-state index is 0.465. The van der Waals surface area contributed by atoms with Crippen molar-refractivity contribution in [3.63, 3.8) is 0 Å². The Kier molecular flexibility index (Phi) is 6.07. The third-order valence-corrected chi connectivity index (χ3v) is 7.75. The van der Waals surface area contributed by atoms with Gasteiger partial charge in [0.2, 0.25) is 10.8 Å². The molecule has 0 fully saturated rings. The van der Waals surface area contributed by atoms with Gasteiger partial charge in [0, 0.05) is 10.4 Å². The summed E-state index contributed by atoms with van der Waals surface area (Å²) in [6.07, 6.45) is 0. The van der Waals surface area contributed by atoms with Crippen molar-refractivity contribution in [3.05, 3.63) is 105 Å². The average molecular weight is 585 g/mol. The molecule has 0 aliphatic rings. The first-order valence-electron chi connectivity index (χ1n) is 12.2. The van der Waals surface area contributed by atoms with E-state index < -0.39 is 0 Å². The summed E-state index contributed by atoms with van der Waals surface area (Å²) in [7, 11) is 0. The Bertz CT molecular complexity index is 2060. The monoisotopic (exact) mass is 584 g/mol. The topological polar surface area (TPSA) is 98.4 Å². The van der Waals surface area contributed by atoms with E-state index in [-0.39, 0.29) is 0 Å². The standard InChI is InChI=1S/C28H18Cl2N8OS/c1-16-27(33-31-21-12-11-18(29)14-20(21)30)40-28-34-32-26(38(28)35-16)22-15-23(37(36-22)19-8-3-2-4-9-19)25-13-17-7-5-6-10-24(17)39-25/h2-15,31H,1H3/b33-27+. The molecule has 1 N–H and O–H groups in total. The fourth-order valence-electron chi connectivity index (χ4n) is 4.27. The molecule has 12 heteroatoms. The van der Waals surface area contributed by atoms with Crippen molar-refractivity contribution in [3.8, 4) is 28.7 Å². The van der Waals surface area contributed by atoms with Crippen LogP contribution in [0.5, 0.6) is 0 Å². The van der Waals surface area contributed by atoms with Gasteiger partial charge in [-0.2, -0.15) is 19.8 Å². The van der Waals surface area contributed by atoms with Crippen LogP contribution in [0.2, 0.25) is 10.0 Å².